The average molecular weight is 368 g/mol. The Morgan fingerprint density at radius 1 is 0.464 bits per heavy atom. The van der Waals surface area contributed by atoms with Gasteiger partial charge in [0.15, 0.2) is 0 Å². The summed E-state index contributed by atoms with van der Waals surface area (Å²) in [6, 6.07) is 25.5. The molecule has 0 atom stereocenters. The fourth-order valence-electron chi connectivity index (χ4n) is 2.83. The van der Waals surface area contributed by atoms with Crippen molar-refractivity contribution in [2.75, 3.05) is 0 Å². The molecule has 4 aromatic rings. The molecule has 0 amide bonds. The molecule has 0 spiro atoms. The van der Waals surface area contributed by atoms with Crippen LogP contribution in [0.15, 0.2) is 84.9 Å². The Bertz CT molecular complexity index is 1040. The van der Waals surface area contributed by atoms with Crippen LogP contribution in [-0.2, 0) is 0 Å². The second-order valence-corrected chi connectivity index (χ2v) is 6.25. The van der Waals surface area contributed by atoms with E-state index in [-0.39, 0.29) is 0 Å². The molecule has 0 radical (unpaired) electrons. The van der Waals surface area contributed by atoms with Gasteiger partial charge in [-0.2, -0.15) is 0 Å². The van der Waals surface area contributed by atoms with E-state index >= 15 is 0 Å². The number of rotatable bonds is 6. The molecule has 136 valence electrons. The Balaban J connectivity index is 1.56. The molecule has 0 saturated heterocycles. The molecule has 0 aliphatic rings. The number of hydrogen-bond acceptors (Lipinski definition) is 4. The fourth-order valence-corrected chi connectivity index (χ4v) is 2.83. The van der Waals surface area contributed by atoms with E-state index in [0.717, 1.165) is 23.3 Å². The van der Waals surface area contributed by atoms with Crippen molar-refractivity contribution in [1.82, 2.24) is 0 Å². The van der Waals surface area contributed by atoms with Crippen molar-refractivity contribution in [3.05, 3.63) is 96.1 Å². The Morgan fingerprint density at radius 2 is 0.857 bits per heavy atom. The number of ether oxygens (including phenoxy) is 2. The lowest BCUT2D eigenvalue weighted by molar-refractivity contribution is 0.111. The highest BCUT2D eigenvalue weighted by Crippen LogP contribution is 2.30. The van der Waals surface area contributed by atoms with Gasteiger partial charge in [0, 0.05) is 11.1 Å². The van der Waals surface area contributed by atoms with Crippen molar-refractivity contribution in [1.29, 1.82) is 0 Å². The molecular weight excluding hydrogens is 352 g/mol. The minimum Gasteiger partial charge on any atom is -0.457 e. The summed E-state index contributed by atoms with van der Waals surface area (Å²) in [5.41, 5.74) is 1.21. The third-order valence-electron chi connectivity index (χ3n) is 4.29. The molecule has 4 rings (SSSR count). The van der Waals surface area contributed by atoms with E-state index in [1.807, 2.05) is 36.4 Å². The SMILES string of the molecule is O=Cc1ccc(Oc2ccc3ccc(Oc4ccc(C=O)cc4)cc3c2)cc1. The topological polar surface area (TPSA) is 52.6 Å². The molecule has 0 unspecified atom stereocenters. The van der Waals surface area contributed by atoms with E-state index in [2.05, 4.69) is 0 Å². The Hall–Kier alpha value is -3.92. The van der Waals surface area contributed by atoms with Crippen LogP contribution in [0.1, 0.15) is 20.7 Å². The van der Waals surface area contributed by atoms with Gasteiger partial charge in [-0.05, 0) is 83.6 Å². The quantitative estimate of drug-likeness (QED) is 0.389. The zero-order valence-electron chi connectivity index (χ0n) is 14.9. The lowest BCUT2D eigenvalue weighted by Crippen LogP contribution is -1.87. The first-order chi connectivity index (χ1) is 13.7. The van der Waals surface area contributed by atoms with Crippen molar-refractivity contribution in [3.8, 4) is 23.0 Å². The predicted octanol–water partition coefficient (Wildman–Crippen LogP) is 6.05. The molecule has 4 aromatic carbocycles. The van der Waals surface area contributed by atoms with Crippen molar-refractivity contribution in [3.63, 3.8) is 0 Å². The highest BCUT2D eigenvalue weighted by Gasteiger charge is 2.04. The number of carbonyl (C=O) groups excluding carboxylic acids is 2. The second kappa shape index (κ2) is 7.76. The van der Waals surface area contributed by atoms with Gasteiger partial charge in [-0.1, -0.05) is 12.1 Å². The van der Waals surface area contributed by atoms with Crippen LogP contribution in [0, 0.1) is 0 Å². The maximum Gasteiger partial charge on any atom is 0.150 e. The molecule has 0 aliphatic carbocycles. The van der Waals surface area contributed by atoms with E-state index in [4.69, 9.17) is 9.47 Å². The van der Waals surface area contributed by atoms with E-state index in [9.17, 15) is 9.59 Å². The van der Waals surface area contributed by atoms with Crippen LogP contribution in [0.3, 0.4) is 0 Å². The van der Waals surface area contributed by atoms with Crippen LogP contribution in [-0.4, -0.2) is 12.6 Å². The summed E-state index contributed by atoms with van der Waals surface area (Å²) in [7, 11) is 0. The first kappa shape index (κ1) is 17.5. The molecule has 0 saturated carbocycles. The highest BCUT2D eigenvalue weighted by atomic mass is 16.5. The van der Waals surface area contributed by atoms with Crippen molar-refractivity contribution in [2.24, 2.45) is 0 Å². The molecule has 4 heteroatoms. The number of fused-ring (bicyclic) bond motifs is 1. The van der Waals surface area contributed by atoms with Crippen LogP contribution in [0.25, 0.3) is 10.8 Å². The van der Waals surface area contributed by atoms with Crippen molar-refractivity contribution < 1.29 is 19.1 Å². The Kier molecular flexibility index (Phi) is 4.85. The molecule has 4 nitrogen and oxygen atoms in total. The number of hydrogen-bond donors (Lipinski definition) is 0. The first-order valence-corrected chi connectivity index (χ1v) is 8.73. The van der Waals surface area contributed by atoms with E-state index in [0.29, 0.717) is 34.1 Å². The zero-order chi connectivity index (χ0) is 19.3. The molecule has 28 heavy (non-hydrogen) atoms. The van der Waals surface area contributed by atoms with Crippen LogP contribution in [0.2, 0.25) is 0 Å². The monoisotopic (exact) mass is 368 g/mol. The van der Waals surface area contributed by atoms with Crippen LogP contribution in [0.4, 0.5) is 0 Å². The smallest absolute Gasteiger partial charge is 0.150 e. The average Bonchev–Trinajstić information content (AvgIpc) is 2.74. The van der Waals surface area contributed by atoms with E-state index < -0.39 is 0 Å². The van der Waals surface area contributed by atoms with Crippen LogP contribution >= 0.6 is 0 Å². The molecule has 0 bridgehead atoms. The number of aldehydes is 2. The molecule has 0 heterocycles. The molecule has 0 aliphatic heterocycles. The van der Waals surface area contributed by atoms with Gasteiger partial charge in [0.05, 0.1) is 0 Å². The summed E-state index contributed by atoms with van der Waals surface area (Å²) in [6.45, 7) is 0. The highest BCUT2D eigenvalue weighted by molar-refractivity contribution is 5.85. The lowest BCUT2D eigenvalue weighted by Gasteiger charge is -2.09. The van der Waals surface area contributed by atoms with Gasteiger partial charge >= 0.3 is 0 Å². The minimum atomic E-state index is 0.605. The van der Waals surface area contributed by atoms with E-state index in [1.165, 1.54) is 0 Å². The van der Waals surface area contributed by atoms with Crippen LogP contribution < -0.4 is 9.47 Å². The van der Waals surface area contributed by atoms with Gasteiger partial charge in [0.2, 0.25) is 0 Å². The van der Waals surface area contributed by atoms with Gasteiger partial charge in [0.1, 0.15) is 35.6 Å². The maximum atomic E-state index is 10.7. The summed E-state index contributed by atoms with van der Waals surface area (Å²) >= 11 is 0. The molecule has 0 fully saturated rings. The third-order valence-corrected chi connectivity index (χ3v) is 4.29. The summed E-state index contributed by atoms with van der Waals surface area (Å²) in [5.74, 6) is 2.71. The zero-order valence-corrected chi connectivity index (χ0v) is 14.9. The summed E-state index contributed by atoms with van der Waals surface area (Å²) < 4.78 is 11.8. The first-order valence-electron chi connectivity index (χ1n) is 8.73. The minimum absolute atomic E-state index is 0.605. The molecular formula is C24H16O4. The Morgan fingerprint density at radius 3 is 1.25 bits per heavy atom. The lowest BCUT2D eigenvalue weighted by atomic mass is 10.1. The summed E-state index contributed by atoms with van der Waals surface area (Å²) in [5, 5.41) is 2.04. The van der Waals surface area contributed by atoms with Gasteiger partial charge in [-0.25, -0.2) is 0 Å². The largest absolute Gasteiger partial charge is 0.457 e. The normalized spacial score (nSPS) is 10.4. The van der Waals surface area contributed by atoms with Crippen molar-refractivity contribution >= 4 is 23.3 Å². The van der Waals surface area contributed by atoms with Gasteiger partial charge < -0.3 is 9.47 Å². The number of benzene rings is 4. The van der Waals surface area contributed by atoms with Gasteiger partial charge in [-0.15, -0.1) is 0 Å². The Labute approximate surface area is 162 Å². The van der Waals surface area contributed by atoms with Crippen molar-refractivity contribution in [2.45, 2.75) is 0 Å². The third kappa shape index (κ3) is 3.91. The van der Waals surface area contributed by atoms with Gasteiger partial charge in [0.25, 0.3) is 0 Å². The summed E-state index contributed by atoms with van der Waals surface area (Å²) in [6.07, 6.45) is 1.60. The number of carbonyl (C=O) groups is 2. The van der Waals surface area contributed by atoms with Gasteiger partial charge in [-0.3, -0.25) is 9.59 Å². The molecule has 0 aromatic heterocycles. The molecule has 0 N–H and O–H groups in total. The second-order valence-electron chi connectivity index (χ2n) is 6.25. The fraction of sp³-hybridized carbons (Fsp3) is 0. The maximum absolute atomic E-state index is 10.7. The predicted molar refractivity (Wildman–Crippen MR) is 108 cm³/mol. The van der Waals surface area contributed by atoms with Crippen LogP contribution in [0.5, 0.6) is 23.0 Å². The van der Waals surface area contributed by atoms with E-state index in [1.54, 1.807) is 48.5 Å². The summed E-state index contributed by atoms with van der Waals surface area (Å²) in [4.78, 5) is 21.5. The standard InChI is InChI=1S/C24H16O4/c25-15-17-1-7-21(8-2-17)27-23-11-5-19-6-12-24(14-20(19)13-23)28-22-9-3-18(16-26)4-10-22/h1-16H.